The molecule has 24 heavy (non-hydrogen) atoms. The zero-order valence-electron chi connectivity index (χ0n) is 14.5. The number of aromatic nitrogens is 4. The molecule has 2 aromatic heterocycles. The first-order chi connectivity index (χ1) is 11.5. The Morgan fingerprint density at radius 3 is 2.58 bits per heavy atom. The van der Waals surface area contributed by atoms with Crippen LogP contribution in [0, 0.1) is 6.92 Å². The second kappa shape index (κ2) is 6.35. The molecule has 2 heterocycles. The Balaban J connectivity index is 2.04. The molecule has 1 atom stereocenters. The summed E-state index contributed by atoms with van der Waals surface area (Å²) in [7, 11) is 5.16. The third kappa shape index (κ3) is 2.84. The third-order valence-electron chi connectivity index (χ3n) is 4.00. The van der Waals surface area contributed by atoms with Crippen molar-refractivity contribution >= 4 is 16.7 Å². The van der Waals surface area contributed by atoms with Gasteiger partial charge in [-0.05, 0) is 19.9 Å². The van der Waals surface area contributed by atoms with Crippen LogP contribution >= 0.6 is 0 Å². The largest absolute Gasteiger partial charge is 0.497 e. The first kappa shape index (κ1) is 16.0. The molecule has 0 bridgehead atoms. The number of hydrogen-bond donors (Lipinski definition) is 1. The fourth-order valence-corrected chi connectivity index (χ4v) is 2.82. The van der Waals surface area contributed by atoms with Crippen LogP contribution in [0.1, 0.15) is 24.2 Å². The average molecular weight is 327 g/mol. The predicted molar refractivity (Wildman–Crippen MR) is 92.6 cm³/mol. The van der Waals surface area contributed by atoms with Gasteiger partial charge < -0.3 is 14.8 Å². The van der Waals surface area contributed by atoms with Crippen molar-refractivity contribution in [2.45, 2.75) is 19.9 Å². The van der Waals surface area contributed by atoms with E-state index in [1.165, 1.54) is 6.33 Å². The Bertz CT molecular complexity index is 875. The molecule has 0 saturated carbocycles. The summed E-state index contributed by atoms with van der Waals surface area (Å²) in [5.41, 5.74) is 2.86. The molecule has 7 nitrogen and oxygen atoms in total. The maximum Gasteiger partial charge on any atom is 0.148 e. The predicted octanol–water partition coefficient (Wildman–Crippen LogP) is 2.86. The molecule has 3 aromatic rings. The molecule has 0 aliphatic heterocycles. The number of rotatable bonds is 5. The van der Waals surface area contributed by atoms with Crippen LogP contribution in [0.5, 0.6) is 11.5 Å². The summed E-state index contributed by atoms with van der Waals surface area (Å²) in [6.07, 6.45) is 3.54. The van der Waals surface area contributed by atoms with Crippen LogP contribution in [-0.4, -0.2) is 34.0 Å². The summed E-state index contributed by atoms with van der Waals surface area (Å²) in [4.78, 5) is 8.74. The maximum absolute atomic E-state index is 5.43. The molecular formula is C17H21N5O2. The highest BCUT2D eigenvalue weighted by atomic mass is 16.5. The van der Waals surface area contributed by atoms with Gasteiger partial charge >= 0.3 is 0 Å². The minimum absolute atomic E-state index is 0.0500. The Morgan fingerprint density at radius 2 is 1.96 bits per heavy atom. The van der Waals surface area contributed by atoms with E-state index in [9.17, 15) is 0 Å². The lowest BCUT2D eigenvalue weighted by atomic mass is 10.1. The van der Waals surface area contributed by atoms with Crippen molar-refractivity contribution in [1.29, 1.82) is 0 Å². The molecule has 1 aromatic carbocycles. The summed E-state index contributed by atoms with van der Waals surface area (Å²) in [6.45, 7) is 4.08. The number of nitrogens with zero attached hydrogens (tertiary/aromatic N) is 4. The van der Waals surface area contributed by atoms with Crippen LogP contribution in [-0.2, 0) is 7.05 Å². The monoisotopic (exact) mass is 327 g/mol. The van der Waals surface area contributed by atoms with Crippen molar-refractivity contribution < 1.29 is 9.47 Å². The Labute approximate surface area is 140 Å². The van der Waals surface area contributed by atoms with E-state index in [-0.39, 0.29) is 6.04 Å². The lowest BCUT2D eigenvalue weighted by Crippen LogP contribution is -2.09. The summed E-state index contributed by atoms with van der Waals surface area (Å²) >= 11 is 0. The van der Waals surface area contributed by atoms with Crippen LogP contribution in [0.2, 0.25) is 0 Å². The minimum Gasteiger partial charge on any atom is -0.497 e. The number of nitrogens with one attached hydrogen (secondary N) is 1. The fourth-order valence-electron chi connectivity index (χ4n) is 2.82. The van der Waals surface area contributed by atoms with Gasteiger partial charge in [-0.25, -0.2) is 9.97 Å². The van der Waals surface area contributed by atoms with E-state index in [0.717, 1.165) is 28.0 Å². The van der Waals surface area contributed by atoms with Gasteiger partial charge in [-0.2, -0.15) is 5.10 Å². The maximum atomic E-state index is 5.43. The molecule has 0 radical (unpaired) electrons. The van der Waals surface area contributed by atoms with E-state index in [0.29, 0.717) is 11.5 Å². The van der Waals surface area contributed by atoms with Crippen molar-refractivity contribution in [3.05, 3.63) is 35.9 Å². The number of methoxy groups -OCH3 is 2. The van der Waals surface area contributed by atoms with Gasteiger partial charge in [0, 0.05) is 24.9 Å². The molecule has 126 valence electrons. The normalized spacial score (nSPS) is 12.2. The van der Waals surface area contributed by atoms with Crippen molar-refractivity contribution in [1.82, 2.24) is 19.7 Å². The quantitative estimate of drug-likeness (QED) is 0.777. The van der Waals surface area contributed by atoms with Crippen molar-refractivity contribution in [3.63, 3.8) is 0 Å². The first-order valence-corrected chi connectivity index (χ1v) is 7.67. The molecule has 0 amide bonds. The molecule has 0 aliphatic carbocycles. The van der Waals surface area contributed by atoms with Crippen LogP contribution in [0.4, 0.5) is 5.82 Å². The zero-order chi connectivity index (χ0) is 17.3. The third-order valence-corrected chi connectivity index (χ3v) is 4.00. The molecule has 0 spiro atoms. The summed E-state index contributed by atoms with van der Waals surface area (Å²) in [5.74, 6) is 2.08. The van der Waals surface area contributed by atoms with E-state index in [1.807, 2.05) is 37.0 Å². The van der Waals surface area contributed by atoms with Crippen molar-refractivity contribution in [2.24, 2.45) is 7.05 Å². The van der Waals surface area contributed by atoms with Gasteiger partial charge in [-0.15, -0.1) is 0 Å². The van der Waals surface area contributed by atoms with Gasteiger partial charge in [-0.3, -0.25) is 4.68 Å². The number of fused-ring (bicyclic) bond motifs is 1. The van der Waals surface area contributed by atoms with Crippen LogP contribution < -0.4 is 14.8 Å². The molecule has 0 unspecified atom stereocenters. The van der Waals surface area contributed by atoms with Gasteiger partial charge in [0.1, 0.15) is 29.2 Å². The fraction of sp³-hybridized carbons (Fsp3) is 0.353. The topological polar surface area (TPSA) is 74.1 Å². The number of hydrogen-bond acceptors (Lipinski definition) is 6. The number of aryl methyl sites for hydroxylation is 2. The van der Waals surface area contributed by atoms with Gasteiger partial charge in [-0.1, -0.05) is 0 Å². The van der Waals surface area contributed by atoms with Crippen LogP contribution in [0.3, 0.4) is 0 Å². The highest BCUT2D eigenvalue weighted by Crippen LogP contribution is 2.34. The summed E-state index contributed by atoms with van der Waals surface area (Å²) in [5, 5.41) is 8.69. The summed E-state index contributed by atoms with van der Waals surface area (Å²) < 4.78 is 12.6. The summed E-state index contributed by atoms with van der Waals surface area (Å²) in [6, 6.07) is 3.77. The standard InChI is InChI=1S/C17H21N5O2/c1-10(14-8-22(3)21-11(14)2)20-17-13-6-12(23-4)7-15(24-5)16(13)18-9-19-17/h6-10H,1-5H3,(H,18,19,20)/t10-/m0/s1. The van der Waals surface area contributed by atoms with Crippen LogP contribution in [0.15, 0.2) is 24.7 Å². The van der Waals surface area contributed by atoms with Gasteiger partial charge in [0.25, 0.3) is 0 Å². The highest BCUT2D eigenvalue weighted by molar-refractivity contribution is 5.94. The molecule has 0 saturated heterocycles. The zero-order valence-corrected chi connectivity index (χ0v) is 14.5. The van der Waals surface area contributed by atoms with Gasteiger partial charge in [0.15, 0.2) is 0 Å². The second-order valence-electron chi connectivity index (χ2n) is 5.66. The molecular weight excluding hydrogens is 306 g/mol. The Morgan fingerprint density at radius 1 is 1.17 bits per heavy atom. The molecule has 0 aliphatic rings. The van der Waals surface area contributed by atoms with E-state index < -0.39 is 0 Å². The van der Waals surface area contributed by atoms with Gasteiger partial charge in [0.2, 0.25) is 0 Å². The molecule has 3 rings (SSSR count). The lowest BCUT2D eigenvalue weighted by Gasteiger charge is -2.16. The molecule has 0 fully saturated rings. The molecule has 7 heteroatoms. The number of benzene rings is 1. The molecule has 1 N–H and O–H groups in total. The first-order valence-electron chi connectivity index (χ1n) is 7.67. The van der Waals surface area contributed by atoms with E-state index in [4.69, 9.17) is 9.47 Å². The highest BCUT2D eigenvalue weighted by Gasteiger charge is 2.16. The number of anilines is 1. The van der Waals surface area contributed by atoms with E-state index in [1.54, 1.807) is 14.2 Å². The lowest BCUT2D eigenvalue weighted by molar-refractivity contribution is 0.397. The van der Waals surface area contributed by atoms with E-state index in [2.05, 4.69) is 27.3 Å². The smallest absolute Gasteiger partial charge is 0.148 e. The van der Waals surface area contributed by atoms with E-state index >= 15 is 0 Å². The SMILES string of the molecule is COc1cc(OC)c2ncnc(N[C@@H](C)c3cn(C)nc3C)c2c1. The van der Waals surface area contributed by atoms with Crippen molar-refractivity contribution in [3.8, 4) is 11.5 Å². The van der Waals surface area contributed by atoms with Crippen molar-refractivity contribution in [2.75, 3.05) is 19.5 Å². The minimum atomic E-state index is 0.0500. The van der Waals surface area contributed by atoms with Crippen LogP contribution in [0.25, 0.3) is 10.9 Å². The average Bonchev–Trinajstić information content (AvgIpc) is 2.92. The second-order valence-corrected chi connectivity index (χ2v) is 5.66. The Hall–Kier alpha value is -2.83. The number of ether oxygens (including phenoxy) is 2. The Kier molecular flexibility index (Phi) is 4.24. The van der Waals surface area contributed by atoms with Gasteiger partial charge in [0.05, 0.1) is 31.3 Å².